The molecule has 0 heterocycles. The molecule has 0 radical (unpaired) electrons. The minimum Gasteiger partial charge on any atom is -0.490 e. The molecule has 106 valence electrons. The monoisotopic (exact) mass is 274 g/mol. The first-order chi connectivity index (χ1) is 9.65. The lowest BCUT2D eigenvalue weighted by atomic mass is 10.2. The minimum atomic E-state index is -0.209. The highest BCUT2D eigenvalue weighted by Crippen LogP contribution is 2.19. The molecule has 0 saturated carbocycles. The Kier molecular flexibility index (Phi) is 4.96. The number of nitrogens with zero attached hydrogens (tertiary/aromatic N) is 1. The van der Waals surface area contributed by atoms with Gasteiger partial charge in [-0.15, -0.1) is 0 Å². The summed E-state index contributed by atoms with van der Waals surface area (Å²) >= 11 is 0. The molecule has 2 aromatic rings. The fourth-order valence-corrected chi connectivity index (χ4v) is 1.90. The van der Waals surface area contributed by atoms with E-state index in [4.69, 9.17) is 10.5 Å². The van der Waals surface area contributed by atoms with Crippen LogP contribution in [0, 0.1) is 5.82 Å². The molecule has 0 aliphatic rings. The van der Waals surface area contributed by atoms with E-state index in [0.29, 0.717) is 18.0 Å². The summed E-state index contributed by atoms with van der Waals surface area (Å²) in [5.74, 6) is 0.502. The van der Waals surface area contributed by atoms with Gasteiger partial charge in [-0.1, -0.05) is 24.3 Å². The summed E-state index contributed by atoms with van der Waals surface area (Å²) in [4.78, 5) is 2.12. The van der Waals surface area contributed by atoms with Crippen molar-refractivity contribution >= 4 is 5.69 Å². The maximum Gasteiger partial charge on any atom is 0.142 e. The molecule has 0 atom stereocenters. The van der Waals surface area contributed by atoms with Crippen LogP contribution in [0.15, 0.2) is 48.5 Å². The Morgan fingerprint density at radius 2 is 1.80 bits per heavy atom. The first-order valence-electron chi connectivity index (χ1n) is 6.55. The van der Waals surface area contributed by atoms with Crippen molar-refractivity contribution in [1.82, 2.24) is 4.90 Å². The van der Waals surface area contributed by atoms with Gasteiger partial charge in [0.2, 0.25) is 0 Å². The zero-order chi connectivity index (χ0) is 14.4. The molecule has 3 nitrogen and oxygen atoms in total. The van der Waals surface area contributed by atoms with Gasteiger partial charge in [0.1, 0.15) is 18.2 Å². The first kappa shape index (κ1) is 14.3. The van der Waals surface area contributed by atoms with E-state index in [9.17, 15) is 4.39 Å². The van der Waals surface area contributed by atoms with Crippen molar-refractivity contribution in [3.05, 3.63) is 59.9 Å². The Morgan fingerprint density at radius 3 is 2.50 bits per heavy atom. The average Bonchev–Trinajstić information content (AvgIpc) is 2.43. The zero-order valence-corrected chi connectivity index (χ0v) is 11.6. The molecule has 0 spiro atoms. The molecule has 0 aliphatic carbocycles. The Balaban J connectivity index is 1.76. The predicted octanol–water partition coefficient (Wildman–Crippen LogP) is 2.92. The van der Waals surface area contributed by atoms with E-state index < -0.39 is 0 Å². The van der Waals surface area contributed by atoms with E-state index in [1.807, 2.05) is 31.3 Å². The summed E-state index contributed by atoms with van der Waals surface area (Å²) in [6.07, 6.45) is 0. The van der Waals surface area contributed by atoms with Crippen molar-refractivity contribution in [3.63, 3.8) is 0 Å². The Bertz CT molecular complexity index is 542. The fraction of sp³-hybridized carbons (Fsp3) is 0.250. The molecule has 2 N–H and O–H groups in total. The smallest absolute Gasteiger partial charge is 0.142 e. The summed E-state index contributed by atoms with van der Waals surface area (Å²) < 4.78 is 18.4. The minimum absolute atomic E-state index is 0.209. The highest BCUT2D eigenvalue weighted by atomic mass is 19.1. The fourth-order valence-electron chi connectivity index (χ4n) is 1.90. The maximum atomic E-state index is 12.8. The second-order valence-electron chi connectivity index (χ2n) is 4.75. The van der Waals surface area contributed by atoms with E-state index in [1.165, 1.54) is 12.1 Å². The lowest BCUT2D eigenvalue weighted by Gasteiger charge is -2.17. The van der Waals surface area contributed by atoms with Gasteiger partial charge in [0.25, 0.3) is 0 Å². The van der Waals surface area contributed by atoms with Crippen LogP contribution in [0.25, 0.3) is 0 Å². The molecule has 0 aliphatic heterocycles. The third-order valence-electron chi connectivity index (χ3n) is 3.02. The van der Waals surface area contributed by atoms with Gasteiger partial charge in [-0.3, -0.25) is 4.90 Å². The Morgan fingerprint density at radius 1 is 1.10 bits per heavy atom. The topological polar surface area (TPSA) is 38.5 Å². The van der Waals surface area contributed by atoms with Crippen LogP contribution < -0.4 is 10.5 Å². The second kappa shape index (κ2) is 6.91. The number of nitrogens with two attached hydrogens (primary N) is 1. The van der Waals surface area contributed by atoms with Crippen LogP contribution in [-0.2, 0) is 6.54 Å². The number of benzene rings is 2. The van der Waals surface area contributed by atoms with Crippen molar-refractivity contribution in [2.24, 2.45) is 0 Å². The van der Waals surface area contributed by atoms with Gasteiger partial charge < -0.3 is 10.5 Å². The highest BCUT2D eigenvalue weighted by molar-refractivity contribution is 5.51. The largest absolute Gasteiger partial charge is 0.490 e. The molecular formula is C16H19FN2O. The molecule has 0 saturated heterocycles. The normalized spacial score (nSPS) is 10.8. The number of hydrogen-bond donors (Lipinski definition) is 1. The summed E-state index contributed by atoms with van der Waals surface area (Å²) in [7, 11) is 2.00. The summed E-state index contributed by atoms with van der Waals surface area (Å²) in [6.45, 7) is 2.09. The molecule has 2 rings (SSSR count). The number of rotatable bonds is 6. The van der Waals surface area contributed by atoms with Gasteiger partial charge in [0.15, 0.2) is 0 Å². The summed E-state index contributed by atoms with van der Waals surface area (Å²) in [5.41, 5.74) is 7.52. The van der Waals surface area contributed by atoms with Crippen LogP contribution in [0.4, 0.5) is 10.1 Å². The van der Waals surface area contributed by atoms with Gasteiger partial charge in [-0.25, -0.2) is 4.39 Å². The SMILES string of the molecule is CN(CCOc1ccccc1N)Cc1ccc(F)cc1. The molecule has 0 fully saturated rings. The van der Waals surface area contributed by atoms with E-state index in [2.05, 4.69) is 4.90 Å². The van der Waals surface area contributed by atoms with Crippen LogP contribution in [0.2, 0.25) is 0 Å². The number of halogens is 1. The number of likely N-dealkylation sites (N-methyl/N-ethyl adjacent to an activating group) is 1. The molecule has 0 bridgehead atoms. The lowest BCUT2D eigenvalue weighted by Crippen LogP contribution is -2.24. The second-order valence-corrected chi connectivity index (χ2v) is 4.75. The summed E-state index contributed by atoms with van der Waals surface area (Å²) in [5, 5.41) is 0. The molecule has 2 aromatic carbocycles. The Hall–Kier alpha value is -2.07. The number of hydrogen-bond acceptors (Lipinski definition) is 3. The standard InChI is InChI=1S/C16H19FN2O/c1-19(12-13-6-8-14(17)9-7-13)10-11-20-16-5-3-2-4-15(16)18/h2-9H,10-12,18H2,1H3. The Labute approximate surface area is 118 Å². The van der Waals surface area contributed by atoms with Crippen molar-refractivity contribution in [2.45, 2.75) is 6.54 Å². The predicted molar refractivity (Wildman–Crippen MR) is 79.1 cm³/mol. The van der Waals surface area contributed by atoms with Crippen LogP contribution in [0.1, 0.15) is 5.56 Å². The van der Waals surface area contributed by atoms with Crippen LogP contribution in [0.5, 0.6) is 5.75 Å². The lowest BCUT2D eigenvalue weighted by molar-refractivity contribution is 0.233. The van der Waals surface area contributed by atoms with Crippen LogP contribution in [-0.4, -0.2) is 25.1 Å². The van der Waals surface area contributed by atoms with Gasteiger partial charge in [0.05, 0.1) is 5.69 Å². The van der Waals surface area contributed by atoms with Gasteiger partial charge >= 0.3 is 0 Å². The molecule has 4 heteroatoms. The third kappa shape index (κ3) is 4.24. The van der Waals surface area contributed by atoms with Crippen LogP contribution >= 0.6 is 0 Å². The van der Waals surface area contributed by atoms with Crippen molar-refractivity contribution in [1.29, 1.82) is 0 Å². The molecule has 0 aromatic heterocycles. The number of nitrogen functional groups attached to an aromatic ring is 1. The van der Waals surface area contributed by atoms with Crippen molar-refractivity contribution < 1.29 is 9.13 Å². The number of ether oxygens (including phenoxy) is 1. The van der Waals surface area contributed by atoms with E-state index in [0.717, 1.165) is 18.7 Å². The molecule has 20 heavy (non-hydrogen) atoms. The number of para-hydroxylation sites is 2. The first-order valence-corrected chi connectivity index (χ1v) is 6.55. The maximum absolute atomic E-state index is 12.8. The highest BCUT2D eigenvalue weighted by Gasteiger charge is 2.03. The van der Waals surface area contributed by atoms with Gasteiger partial charge in [-0.2, -0.15) is 0 Å². The van der Waals surface area contributed by atoms with E-state index in [-0.39, 0.29) is 5.82 Å². The zero-order valence-electron chi connectivity index (χ0n) is 11.6. The van der Waals surface area contributed by atoms with E-state index in [1.54, 1.807) is 12.1 Å². The number of anilines is 1. The van der Waals surface area contributed by atoms with E-state index >= 15 is 0 Å². The average molecular weight is 274 g/mol. The van der Waals surface area contributed by atoms with Crippen LogP contribution in [0.3, 0.4) is 0 Å². The van der Waals surface area contributed by atoms with Crippen molar-refractivity contribution in [3.8, 4) is 5.75 Å². The molecule has 0 amide bonds. The quantitative estimate of drug-likeness (QED) is 0.823. The third-order valence-corrected chi connectivity index (χ3v) is 3.02. The van der Waals surface area contributed by atoms with Crippen molar-refractivity contribution in [2.75, 3.05) is 25.9 Å². The molecule has 0 unspecified atom stereocenters. The molecular weight excluding hydrogens is 255 g/mol. The van der Waals surface area contributed by atoms with Gasteiger partial charge in [0, 0.05) is 13.1 Å². The summed E-state index contributed by atoms with van der Waals surface area (Å²) in [6, 6.07) is 14.0. The van der Waals surface area contributed by atoms with Gasteiger partial charge in [-0.05, 0) is 36.9 Å².